The summed E-state index contributed by atoms with van der Waals surface area (Å²) in [5.41, 5.74) is -0.706. The third kappa shape index (κ3) is 3.92. The van der Waals surface area contributed by atoms with Gasteiger partial charge in [0.05, 0.1) is 12.7 Å². The van der Waals surface area contributed by atoms with E-state index in [4.69, 9.17) is 4.74 Å². The molecule has 1 saturated heterocycles. The van der Waals surface area contributed by atoms with E-state index in [9.17, 15) is 13.9 Å². The summed E-state index contributed by atoms with van der Waals surface area (Å²) in [5.74, 6) is -0.869. The molecule has 1 aromatic rings. The molecule has 1 aliphatic rings. The van der Waals surface area contributed by atoms with Gasteiger partial charge in [0.25, 0.3) is 0 Å². The number of benzene rings is 1. The van der Waals surface area contributed by atoms with Crippen molar-refractivity contribution in [2.45, 2.75) is 38.8 Å². The molecule has 0 bridgehead atoms. The smallest absolute Gasteiger partial charge is 0.134 e. The topological polar surface area (TPSA) is 32.7 Å². The van der Waals surface area contributed by atoms with Gasteiger partial charge in [0.15, 0.2) is 0 Å². The average molecular weight is 299 g/mol. The second-order valence-electron chi connectivity index (χ2n) is 6.30. The zero-order chi connectivity index (χ0) is 15.6. The molecule has 2 rings (SSSR count). The molecule has 5 heteroatoms. The highest BCUT2D eigenvalue weighted by molar-refractivity contribution is 5.30. The molecule has 1 unspecified atom stereocenters. The van der Waals surface area contributed by atoms with E-state index < -0.39 is 17.2 Å². The van der Waals surface area contributed by atoms with Gasteiger partial charge in [-0.05, 0) is 39.2 Å². The van der Waals surface area contributed by atoms with E-state index in [-0.39, 0.29) is 23.8 Å². The molecule has 0 spiro atoms. The largest absolute Gasteiger partial charge is 0.497 e. The van der Waals surface area contributed by atoms with Crippen LogP contribution in [0.5, 0.6) is 5.75 Å². The van der Waals surface area contributed by atoms with Crippen molar-refractivity contribution in [1.29, 1.82) is 0 Å². The summed E-state index contributed by atoms with van der Waals surface area (Å²) in [4.78, 5) is 2.00. The lowest BCUT2D eigenvalue weighted by Crippen LogP contribution is -2.44. The maximum absolute atomic E-state index is 14.0. The molecule has 118 valence electrons. The second kappa shape index (κ2) is 6.28. The van der Waals surface area contributed by atoms with E-state index in [0.717, 1.165) is 19.4 Å². The lowest BCUT2D eigenvalue weighted by molar-refractivity contribution is -0.0201. The van der Waals surface area contributed by atoms with Crippen LogP contribution in [0.4, 0.5) is 8.78 Å². The second-order valence-corrected chi connectivity index (χ2v) is 6.30. The Morgan fingerprint density at radius 3 is 2.48 bits per heavy atom. The molecule has 0 saturated carbocycles. The van der Waals surface area contributed by atoms with Crippen molar-refractivity contribution in [2.75, 3.05) is 20.2 Å². The summed E-state index contributed by atoms with van der Waals surface area (Å²) in [6.07, 6.45) is 1.86. The van der Waals surface area contributed by atoms with Crippen molar-refractivity contribution in [3.8, 4) is 5.75 Å². The Hall–Kier alpha value is -1.20. The van der Waals surface area contributed by atoms with Crippen LogP contribution in [0.15, 0.2) is 12.1 Å². The van der Waals surface area contributed by atoms with E-state index in [1.807, 2.05) is 4.90 Å². The summed E-state index contributed by atoms with van der Waals surface area (Å²) in [6.45, 7) is 5.23. The maximum atomic E-state index is 14.0. The van der Waals surface area contributed by atoms with Crippen LogP contribution >= 0.6 is 0 Å². The first kappa shape index (κ1) is 16.2. The van der Waals surface area contributed by atoms with Gasteiger partial charge in [0, 0.05) is 30.8 Å². The molecule has 21 heavy (non-hydrogen) atoms. The number of hydrogen-bond donors (Lipinski definition) is 1. The highest BCUT2D eigenvalue weighted by Gasteiger charge is 2.31. The molecule has 0 aliphatic carbocycles. The summed E-state index contributed by atoms with van der Waals surface area (Å²) >= 11 is 0. The summed E-state index contributed by atoms with van der Waals surface area (Å²) < 4.78 is 32.8. The summed E-state index contributed by atoms with van der Waals surface area (Å²) in [7, 11) is 1.38. The zero-order valence-electron chi connectivity index (χ0n) is 12.8. The predicted octanol–water partition coefficient (Wildman–Crippen LogP) is 2.96. The Kier molecular flexibility index (Phi) is 4.84. The number of rotatable bonds is 4. The van der Waals surface area contributed by atoms with Crippen LogP contribution in [-0.2, 0) is 6.54 Å². The number of ether oxygens (including phenoxy) is 1. The van der Waals surface area contributed by atoms with Gasteiger partial charge in [-0.3, -0.25) is 4.90 Å². The zero-order valence-corrected chi connectivity index (χ0v) is 12.8. The number of halogens is 2. The lowest BCUT2D eigenvalue weighted by Gasteiger charge is -2.38. The van der Waals surface area contributed by atoms with Crippen LogP contribution < -0.4 is 4.74 Å². The van der Waals surface area contributed by atoms with Gasteiger partial charge in [0.1, 0.15) is 17.4 Å². The third-order valence-corrected chi connectivity index (χ3v) is 4.24. The highest BCUT2D eigenvalue weighted by Crippen LogP contribution is 2.29. The van der Waals surface area contributed by atoms with Gasteiger partial charge in [-0.1, -0.05) is 0 Å². The van der Waals surface area contributed by atoms with Gasteiger partial charge >= 0.3 is 0 Å². The number of nitrogens with zero attached hydrogens (tertiary/aromatic N) is 1. The van der Waals surface area contributed by atoms with Crippen molar-refractivity contribution in [3.05, 3.63) is 29.3 Å². The fourth-order valence-corrected chi connectivity index (χ4v) is 2.85. The first-order valence-corrected chi connectivity index (χ1v) is 7.28. The van der Waals surface area contributed by atoms with E-state index >= 15 is 0 Å². The van der Waals surface area contributed by atoms with Crippen molar-refractivity contribution in [3.63, 3.8) is 0 Å². The van der Waals surface area contributed by atoms with Gasteiger partial charge in [-0.2, -0.15) is 0 Å². The van der Waals surface area contributed by atoms with Gasteiger partial charge in [0.2, 0.25) is 0 Å². The number of piperidine rings is 1. The molecule has 0 amide bonds. The normalized spacial score (nSPS) is 20.6. The SMILES string of the molecule is COc1cc(F)c(CN2CCCC(C(C)(C)O)C2)c(F)c1. The molecule has 1 N–H and O–H groups in total. The van der Waals surface area contributed by atoms with Crippen LogP contribution in [0.2, 0.25) is 0 Å². The maximum Gasteiger partial charge on any atom is 0.134 e. The van der Waals surface area contributed by atoms with Gasteiger partial charge < -0.3 is 9.84 Å². The first-order valence-electron chi connectivity index (χ1n) is 7.28. The van der Waals surface area contributed by atoms with Crippen LogP contribution in [0, 0.1) is 17.6 Å². The number of likely N-dealkylation sites (tertiary alicyclic amines) is 1. The van der Waals surface area contributed by atoms with Crippen molar-refractivity contribution in [1.82, 2.24) is 4.90 Å². The standard InChI is InChI=1S/C16H23F2NO2/c1-16(2,20)11-5-4-6-19(9-11)10-13-14(17)7-12(21-3)8-15(13)18/h7-8,11,20H,4-6,9-10H2,1-3H3. The molecule has 0 radical (unpaired) electrons. The van der Waals surface area contributed by atoms with Crippen LogP contribution in [0.3, 0.4) is 0 Å². The molecule has 1 atom stereocenters. The molecule has 1 heterocycles. The quantitative estimate of drug-likeness (QED) is 0.928. The van der Waals surface area contributed by atoms with Crippen LogP contribution in [-0.4, -0.2) is 35.8 Å². The van der Waals surface area contributed by atoms with E-state index in [1.54, 1.807) is 13.8 Å². The highest BCUT2D eigenvalue weighted by atomic mass is 19.1. The van der Waals surface area contributed by atoms with E-state index in [1.165, 1.54) is 19.2 Å². The minimum Gasteiger partial charge on any atom is -0.497 e. The third-order valence-electron chi connectivity index (χ3n) is 4.24. The first-order chi connectivity index (χ1) is 9.81. The monoisotopic (exact) mass is 299 g/mol. The molecular weight excluding hydrogens is 276 g/mol. The van der Waals surface area contributed by atoms with Crippen molar-refractivity contribution in [2.24, 2.45) is 5.92 Å². The molecule has 1 aromatic carbocycles. The Morgan fingerprint density at radius 2 is 1.95 bits per heavy atom. The number of methoxy groups -OCH3 is 1. The van der Waals surface area contributed by atoms with Crippen molar-refractivity contribution < 1.29 is 18.6 Å². The molecule has 1 fully saturated rings. The number of aliphatic hydroxyl groups is 1. The fourth-order valence-electron chi connectivity index (χ4n) is 2.85. The summed E-state index contributed by atoms with van der Waals surface area (Å²) in [5, 5.41) is 10.1. The van der Waals surface area contributed by atoms with Gasteiger partial charge in [-0.25, -0.2) is 8.78 Å². The Labute approximate surface area is 124 Å². The van der Waals surface area contributed by atoms with Crippen LogP contribution in [0.25, 0.3) is 0 Å². The minimum atomic E-state index is -0.768. The lowest BCUT2D eigenvalue weighted by atomic mass is 9.84. The van der Waals surface area contributed by atoms with Gasteiger partial charge in [-0.15, -0.1) is 0 Å². The fraction of sp³-hybridized carbons (Fsp3) is 0.625. The average Bonchev–Trinajstić information content (AvgIpc) is 2.42. The molecule has 3 nitrogen and oxygen atoms in total. The Bertz CT molecular complexity index is 477. The Balaban J connectivity index is 2.11. The predicted molar refractivity (Wildman–Crippen MR) is 77.2 cm³/mol. The Morgan fingerprint density at radius 1 is 1.33 bits per heavy atom. The van der Waals surface area contributed by atoms with E-state index in [2.05, 4.69) is 0 Å². The van der Waals surface area contributed by atoms with Crippen LogP contribution in [0.1, 0.15) is 32.3 Å². The van der Waals surface area contributed by atoms with Crippen molar-refractivity contribution >= 4 is 0 Å². The molecule has 0 aromatic heterocycles. The number of hydrogen-bond acceptors (Lipinski definition) is 3. The molecule has 1 aliphatic heterocycles. The molecular formula is C16H23F2NO2. The summed E-state index contributed by atoms with van der Waals surface area (Å²) in [6, 6.07) is 2.41. The minimum absolute atomic E-state index is 0.0622. The van der Waals surface area contributed by atoms with E-state index in [0.29, 0.717) is 6.54 Å².